The van der Waals surface area contributed by atoms with Crippen LogP contribution in [0.1, 0.15) is 5.56 Å². The molecule has 0 bridgehead atoms. The Morgan fingerprint density at radius 3 is 2.36 bits per heavy atom. The number of ether oxygens (including phenoxy) is 2. The van der Waals surface area contributed by atoms with Crippen LogP contribution in [0.2, 0.25) is 0 Å². The van der Waals surface area contributed by atoms with Crippen molar-refractivity contribution in [1.82, 2.24) is 4.90 Å². The molecule has 5 heteroatoms. The lowest BCUT2D eigenvalue weighted by molar-refractivity contribution is -0.132. The summed E-state index contributed by atoms with van der Waals surface area (Å²) in [6.07, 6.45) is 0. The van der Waals surface area contributed by atoms with Gasteiger partial charge in [0, 0.05) is 18.1 Å². The van der Waals surface area contributed by atoms with E-state index in [2.05, 4.69) is 15.9 Å². The summed E-state index contributed by atoms with van der Waals surface area (Å²) in [4.78, 5) is 13.8. The molecule has 4 nitrogen and oxygen atoms in total. The summed E-state index contributed by atoms with van der Waals surface area (Å²) in [7, 11) is 3.33. The van der Waals surface area contributed by atoms with E-state index in [0.717, 1.165) is 10.0 Å². The van der Waals surface area contributed by atoms with Gasteiger partial charge in [0.05, 0.1) is 7.11 Å². The minimum Gasteiger partial charge on any atom is -0.493 e. The molecule has 0 fully saturated rings. The molecular weight excluding hydrogens is 346 g/mol. The van der Waals surface area contributed by atoms with Crippen LogP contribution >= 0.6 is 15.9 Å². The summed E-state index contributed by atoms with van der Waals surface area (Å²) in [5, 5.41) is 0. The van der Waals surface area contributed by atoms with Gasteiger partial charge < -0.3 is 14.4 Å². The van der Waals surface area contributed by atoms with Crippen LogP contribution in [0.15, 0.2) is 53.0 Å². The average Bonchev–Trinajstić information content (AvgIpc) is 2.54. The van der Waals surface area contributed by atoms with Gasteiger partial charge in [0.25, 0.3) is 5.91 Å². The highest BCUT2D eigenvalue weighted by Gasteiger charge is 2.11. The fourth-order valence-corrected chi connectivity index (χ4v) is 2.20. The number of methoxy groups -OCH3 is 1. The number of hydrogen-bond donors (Lipinski definition) is 0. The van der Waals surface area contributed by atoms with Crippen molar-refractivity contribution in [2.24, 2.45) is 0 Å². The number of hydrogen-bond acceptors (Lipinski definition) is 3. The van der Waals surface area contributed by atoms with E-state index in [0.29, 0.717) is 18.0 Å². The smallest absolute Gasteiger partial charge is 0.260 e. The van der Waals surface area contributed by atoms with E-state index in [4.69, 9.17) is 9.47 Å². The van der Waals surface area contributed by atoms with E-state index in [1.54, 1.807) is 31.2 Å². The van der Waals surface area contributed by atoms with Crippen molar-refractivity contribution in [1.29, 1.82) is 0 Å². The quantitative estimate of drug-likeness (QED) is 0.788. The highest BCUT2D eigenvalue weighted by Crippen LogP contribution is 2.25. The Morgan fingerprint density at radius 1 is 1.09 bits per heavy atom. The van der Waals surface area contributed by atoms with Crippen LogP contribution in [0.25, 0.3) is 0 Å². The van der Waals surface area contributed by atoms with Gasteiger partial charge >= 0.3 is 0 Å². The van der Waals surface area contributed by atoms with Crippen molar-refractivity contribution in [3.8, 4) is 11.5 Å². The molecule has 2 aromatic carbocycles. The number of rotatable bonds is 6. The summed E-state index contributed by atoms with van der Waals surface area (Å²) in [6, 6.07) is 15.1. The van der Waals surface area contributed by atoms with Gasteiger partial charge in [-0.05, 0) is 29.8 Å². The largest absolute Gasteiger partial charge is 0.493 e. The SMILES string of the molecule is COc1ccccc1OCC(=O)N(C)Cc1ccc(Br)cc1. The third kappa shape index (κ3) is 4.49. The second kappa shape index (κ2) is 7.84. The molecule has 0 aliphatic rings. The second-order valence-corrected chi connectivity index (χ2v) is 5.73. The van der Waals surface area contributed by atoms with Crippen LogP contribution in [0.4, 0.5) is 0 Å². The maximum Gasteiger partial charge on any atom is 0.260 e. The van der Waals surface area contributed by atoms with Crippen LogP contribution < -0.4 is 9.47 Å². The number of halogens is 1. The van der Waals surface area contributed by atoms with Crippen molar-refractivity contribution < 1.29 is 14.3 Å². The predicted octanol–water partition coefficient (Wildman–Crippen LogP) is 3.50. The first kappa shape index (κ1) is 16.4. The predicted molar refractivity (Wildman–Crippen MR) is 89.1 cm³/mol. The Morgan fingerprint density at radius 2 is 1.73 bits per heavy atom. The zero-order valence-electron chi connectivity index (χ0n) is 12.6. The van der Waals surface area contributed by atoms with E-state index < -0.39 is 0 Å². The first-order valence-corrected chi connectivity index (χ1v) is 7.63. The van der Waals surface area contributed by atoms with E-state index in [1.807, 2.05) is 36.4 Å². The van der Waals surface area contributed by atoms with Crippen LogP contribution in [0.3, 0.4) is 0 Å². The Bertz CT molecular complexity index is 628. The van der Waals surface area contributed by atoms with Gasteiger partial charge in [-0.25, -0.2) is 0 Å². The molecule has 2 rings (SSSR count). The normalized spacial score (nSPS) is 10.1. The van der Waals surface area contributed by atoms with Gasteiger partial charge in [-0.1, -0.05) is 40.2 Å². The highest BCUT2D eigenvalue weighted by molar-refractivity contribution is 9.10. The Kier molecular flexibility index (Phi) is 5.83. The lowest BCUT2D eigenvalue weighted by Gasteiger charge is -2.18. The maximum atomic E-state index is 12.1. The molecule has 0 unspecified atom stereocenters. The lowest BCUT2D eigenvalue weighted by atomic mass is 10.2. The van der Waals surface area contributed by atoms with E-state index >= 15 is 0 Å². The van der Waals surface area contributed by atoms with Gasteiger partial charge in [-0.3, -0.25) is 4.79 Å². The zero-order valence-corrected chi connectivity index (χ0v) is 14.2. The van der Waals surface area contributed by atoms with Crippen LogP contribution in [-0.2, 0) is 11.3 Å². The standard InChI is InChI=1S/C17H18BrNO3/c1-19(11-13-7-9-14(18)10-8-13)17(20)12-22-16-6-4-3-5-15(16)21-2/h3-10H,11-12H2,1-2H3. The van der Waals surface area contributed by atoms with Crippen LogP contribution in [0, 0.1) is 0 Å². The fourth-order valence-electron chi connectivity index (χ4n) is 1.94. The summed E-state index contributed by atoms with van der Waals surface area (Å²) in [6.45, 7) is 0.523. The summed E-state index contributed by atoms with van der Waals surface area (Å²) in [5.41, 5.74) is 1.07. The molecule has 0 radical (unpaired) electrons. The number of amides is 1. The summed E-state index contributed by atoms with van der Waals surface area (Å²) < 4.78 is 11.8. The molecule has 0 heterocycles. The van der Waals surface area contributed by atoms with Gasteiger partial charge in [0.2, 0.25) is 0 Å². The van der Waals surface area contributed by atoms with Crippen molar-refractivity contribution in [2.45, 2.75) is 6.54 Å². The number of benzene rings is 2. The minimum atomic E-state index is -0.0891. The molecule has 22 heavy (non-hydrogen) atoms. The van der Waals surface area contributed by atoms with Gasteiger partial charge in [0.1, 0.15) is 0 Å². The van der Waals surface area contributed by atoms with Gasteiger partial charge in [-0.2, -0.15) is 0 Å². The van der Waals surface area contributed by atoms with E-state index in [1.165, 1.54) is 0 Å². The number of carbonyl (C=O) groups excluding carboxylic acids is 1. The van der Waals surface area contributed by atoms with E-state index in [-0.39, 0.29) is 12.5 Å². The van der Waals surface area contributed by atoms with Crippen molar-refractivity contribution >= 4 is 21.8 Å². The third-order valence-electron chi connectivity index (χ3n) is 3.18. The molecular formula is C17H18BrNO3. The molecule has 0 aliphatic heterocycles. The highest BCUT2D eigenvalue weighted by atomic mass is 79.9. The van der Waals surface area contributed by atoms with E-state index in [9.17, 15) is 4.79 Å². The number of carbonyl (C=O) groups is 1. The average molecular weight is 364 g/mol. The summed E-state index contributed by atoms with van der Waals surface area (Å²) >= 11 is 3.39. The molecule has 0 spiro atoms. The molecule has 0 saturated heterocycles. The number of nitrogens with zero attached hydrogens (tertiary/aromatic N) is 1. The van der Waals surface area contributed by atoms with Gasteiger partial charge in [0.15, 0.2) is 18.1 Å². The first-order chi connectivity index (χ1) is 10.6. The summed E-state index contributed by atoms with van der Waals surface area (Å²) in [5.74, 6) is 1.09. The second-order valence-electron chi connectivity index (χ2n) is 4.82. The molecule has 0 saturated carbocycles. The maximum absolute atomic E-state index is 12.1. The van der Waals surface area contributed by atoms with Crippen molar-refractivity contribution in [2.75, 3.05) is 20.8 Å². The van der Waals surface area contributed by atoms with Gasteiger partial charge in [-0.15, -0.1) is 0 Å². The zero-order chi connectivity index (χ0) is 15.9. The van der Waals surface area contributed by atoms with Crippen molar-refractivity contribution in [3.05, 3.63) is 58.6 Å². The molecule has 0 aromatic heterocycles. The fraction of sp³-hybridized carbons (Fsp3) is 0.235. The number of likely N-dealkylation sites (N-methyl/N-ethyl adjacent to an activating group) is 1. The Balaban J connectivity index is 1.90. The Labute approximate surface area is 138 Å². The lowest BCUT2D eigenvalue weighted by Crippen LogP contribution is -2.31. The van der Waals surface area contributed by atoms with Crippen molar-refractivity contribution in [3.63, 3.8) is 0 Å². The molecule has 0 N–H and O–H groups in total. The van der Waals surface area contributed by atoms with Crippen LogP contribution in [0.5, 0.6) is 11.5 Å². The third-order valence-corrected chi connectivity index (χ3v) is 3.71. The molecule has 0 aliphatic carbocycles. The topological polar surface area (TPSA) is 38.8 Å². The van der Waals surface area contributed by atoms with Crippen LogP contribution in [-0.4, -0.2) is 31.6 Å². The minimum absolute atomic E-state index is 0.0204. The first-order valence-electron chi connectivity index (χ1n) is 6.84. The molecule has 1 amide bonds. The Hall–Kier alpha value is -2.01. The molecule has 2 aromatic rings. The molecule has 0 atom stereocenters. The monoisotopic (exact) mass is 363 g/mol. The molecule has 116 valence electrons. The number of para-hydroxylation sites is 2.